The molecule has 0 saturated carbocycles. The highest BCUT2D eigenvalue weighted by atomic mass is 16.6. The summed E-state index contributed by atoms with van der Waals surface area (Å²) in [6.07, 6.45) is 92.7. The Bertz CT molecular complexity index is 1610. The van der Waals surface area contributed by atoms with Crippen LogP contribution in [0.15, 0.2) is 109 Å². The number of esters is 3. The fraction of sp³-hybridized carbons (Fsp3) is 0.716. The van der Waals surface area contributed by atoms with Crippen molar-refractivity contribution in [3.63, 3.8) is 0 Å². The zero-order chi connectivity index (χ0) is 57.8. The molecule has 0 N–H and O–H groups in total. The highest BCUT2D eigenvalue weighted by Gasteiger charge is 2.19. The van der Waals surface area contributed by atoms with Crippen LogP contribution < -0.4 is 0 Å². The van der Waals surface area contributed by atoms with E-state index in [1.807, 2.05) is 0 Å². The molecule has 6 nitrogen and oxygen atoms in total. The van der Waals surface area contributed by atoms with Crippen LogP contribution in [-0.4, -0.2) is 37.2 Å². The Labute approximate surface area is 495 Å². The standard InChI is InChI=1S/C74H126O6/c1-4-7-10-13-16-19-21-23-25-27-29-31-33-35-36-37-38-40-41-43-45-47-49-51-53-55-58-61-64-67-73(76)79-70-71(69-78-72(75)66-63-60-57-18-15-12-9-6-3)80-74(77)68-65-62-59-56-54-52-50-48-46-44-42-39-34-32-30-28-26-24-22-20-17-14-11-8-5-2/h8,11,17,20-21,23-24,26-27,29-30,32,39,42,46,48,52,54,71H,4-7,9-10,12-16,18-19,22,25,28,31,33-38,40-41,43-45,47,49-51,53,55-70H2,1-3H3/b11-8-,20-17-,23-21-,26-24-,29-27-,32-30-,42-39-,48-46-,54-52-. The Morgan fingerprint density at radius 1 is 0.263 bits per heavy atom. The lowest BCUT2D eigenvalue weighted by molar-refractivity contribution is -0.167. The summed E-state index contributed by atoms with van der Waals surface area (Å²) >= 11 is 0. The second kappa shape index (κ2) is 67.6. The van der Waals surface area contributed by atoms with E-state index < -0.39 is 6.10 Å². The van der Waals surface area contributed by atoms with Crippen LogP contribution in [0.1, 0.15) is 323 Å². The average molecular weight is 1110 g/mol. The summed E-state index contributed by atoms with van der Waals surface area (Å²) < 4.78 is 16.9. The molecule has 0 aliphatic carbocycles. The van der Waals surface area contributed by atoms with Gasteiger partial charge < -0.3 is 14.2 Å². The number of hydrogen-bond donors (Lipinski definition) is 0. The fourth-order valence-electron chi connectivity index (χ4n) is 9.45. The van der Waals surface area contributed by atoms with Crippen LogP contribution in [0.2, 0.25) is 0 Å². The molecule has 0 aromatic heterocycles. The first-order valence-electron chi connectivity index (χ1n) is 33.9. The van der Waals surface area contributed by atoms with Crippen LogP contribution in [0.4, 0.5) is 0 Å². The van der Waals surface area contributed by atoms with Gasteiger partial charge in [-0.25, -0.2) is 0 Å². The molecule has 0 amide bonds. The van der Waals surface area contributed by atoms with Crippen LogP contribution in [0.25, 0.3) is 0 Å². The lowest BCUT2D eigenvalue weighted by Crippen LogP contribution is -2.30. The Morgan fingerprint density at radius 3 is 0.775 bits per heavy atom. The van der Waals surface area contributed by atoms with Crippen molar-refractivity contribution in [3.05, 3.63) is 109 Å². The molecular weight excluding hydrogens is 985 g/mol. The molecule has 1 unspecified atom stereocenters. The summed E-state index contributed by atoms with van der Waals surface area (Å²) in [4.78, 5) is 38.2. The van der Waals surface area contributed by atoms with E-state index in [1.54, 1.807) is 0 Å². The minimum Gasteiger partial charge on any atom is -0.462 e. The number of rotatable bonds is 61. The molecular formula is C74H126O6. The normalized spacial score (nSPS) is 12.8. The van der Waals surface area contributed by atoms with Crippen molar-refractivity contribution in [2.75, 3.05) is 13.2 Å². The van der Waals surface area contributed by atoms with Crippen molar-refractivity contribution in [1.29, 1.82) is 0 Å². The second-order valence-electron chi connectivity index (χ2n) is 22.4. The van der Waals surface area contributed by atoms with Crippen LogP contribution in [-0.2, 0) is 28.6 Å². The van der Waals surface area contributed by atoms with E-state index in [0.717, 1.165) is 116 Å². The van der Waals surface area contributed by atoms with Gasteiger partial charge in [-0.2, -0.15) is 0 Å². The van der Waals surface area contributed by atoms with E-state index in [-0.39, 0.29) is 37.5 Å². The van der Waals surface area contributed by atoms with E-state index in [4.69, 9.17) is 14.2 Å². The van der Waals surface area contributed by atoms with Crippen LogP contribution in [0.3, 0.4) is 0 Å². The molecule has 0 radical (unpaired) electrons. The molecule has 80 heavy (non-hydrogen) atoms. The zero-order valence-electron chi connectivity index (χ0n) is 52.6. The van der Waals surface area contributed by atoms with E-state index in [1.165, 1.54) is 167 Å². The summed E-state index contributed by atoms with van der Waals surface area (Å²) in [5.74, 6) is -0.918. The number of carbonyl (C=O) groups is 3. The molecule has 0 rings (SSSR count). The molecule has 0 aliphatic heterocycles. The Kier molecular flexibility index (Phi) is 64.3. The van der Waals surface area contributed by atoms with Gasteiger partial charge in [-0.3, -0.25) is 14.4 Å². The van der Waals surface area contributed by atoms with Gasteiger partial charge in [0, 0.05) is 19.3 Å². The highest BCUT2D eigenvalue weighted by Crippen LogP contribution is 2.17. The maximum atomic E-state index is 12.9. The van der Waals surface area contributed by atoms with Gasteiger partial charge in [0.1, 0.15) is 13.2 Å². The minimum atomic E-state index is -0.795. The van der Waals surface area contributed by atoms with Crippen molar-refractivity contribution in [3.8, 4) is 0 Å². The molecule has 6 heteroatoms. The summed E-state index contributed by atoms with van der Waals surface area (Å²) in [6, 6.07) is 0. The lowest BCUT2D eigenvalue weighted by Gasteiger charge is -2.18. The predicted molar refractivity (Wildman–Crippen MR) is 348 cm³/mol. The Hall–Kier alpha value is -3.93. The molecule has 0 bridgehead atoms. The largest absolute Gasteiger partial charge is 0.462 e. The van der Waals surface area contributed by atoms with Crippen molar-refractivity contribution < 1.29 is 28.6 Å². The molecule has 0 aromatic carbocycles. The third-order valence-corrected chi connectivity index (χ3v) is 14.5. The van der Waals surface area contributed by atoms with Crippen LogP contribution in [0.5, 0.6) is 0 Å². The zero-order valence-corrected chi connectivity index (χ0v) is 52.6. The lowest BCUT2D eigenvalue weighted by atomic mass is 10.0. The molecule has 0 saturated heterocycles. The summed E-state index contributed by atoms with van der Waals surface area (Å²) in [5.41, 5.74) is 0. The molecule has 458 valence electrons. The summed E-state index contributed by atoms with van der Waals surface area (Å²) in [6.45, 7) is 6.48. The maximum Gasteiger partial charge on any atom is 0.306 e. The number of hydrogen-bond acceptors (Lipinski definition) is 6. The first-order valence-corrected chi connectivity index (χ1v) is 33.9. The monoisotopic (exact) mass is 1110 g/mol. The van der Waals surface area contributed by atoms with E-state index in [9.17, 15) is 14.4 Å². The van der Waals surface area contributed by atoms with E-state index in [2.05, 4.69) is 130 Å². The van der Waals surface area contributed by atoms with Gasteiger partial charge in [0.25, 0.3) is 0 Å². The van der Waals surface area contributed by atoms with Gasteiger partial charge >= 0.3 is 17.9 Å². The van der Waals surface area contributed by atoms with Gasteiger partial charge in [0.05, 0.1) is 0 Å². The SMILES string of the molecule is CC/C=C\C/C=C\C/C=C\C/C=C\C/C=C\C/C=C\C/C=C\CCCCCC(=O)OC(COC(=O)CCCCCCCCCC)COC(=O)CCCCCCCCCCCCCCCCCCC/C=C\C/C=C\CCCCCCC. The fourth-order valence-corrected chi connectivity index (χ4v) is 9.45. The molecule has 0 heterocycles. The van der Waals surface area contributed by atoms with Gasteiger partial charge in [-0.15, -0.1) is 0 Å². The minimum absolute atomic E-state index is 0.0898. The molecule has 0 fully saturated rings. The summed E-state index contributed by atoms with van der Waals surface area (Å²) in [5, 5.41) is 0. The predicted octanol–water partition coefficient (Wildman–Crippen LogP) is 23.4. The number of allylic oxidation sites excluding steroid dienone is 18. The molecule has 1 atom stereocenters. The van der Waals surface area contributed by atoms with E-state index in [0.29, 0.717) is 12.8 Å². The quantitative estimate of drug-likeness (QED) is 0.0261. The van der Waals surface area contributed by atoms with Crippen LogP contribution >= 0.6 is 0 Å². The summed E-state index contributed by atoms with van der Waals surface area (Å²) in [7, 11) is 0. The number of carbonyl (C=O) groups excluding carboxylic acids is 3. The van der Waals surface area contributed by atoms with E-state index >= 15 is 0 Å². The maximum absolute atomic E-state index is 12.9. The molecule has 0 spiro atoms. The van der Waals surface area contributed by atoms with Crippen molar-refractivity contribution in [2.24, 2.45) is 0 Å². The number of unbranched alkanes of at least 4 members (excludes halogenated alkanes) is 32. The second-order valence-corrected chi connectivity index (χ2v) is 22.4. The van der Waals surface area contributed by atoms with Gasteiger partial charge in [-0.1, -0.05) is 304 Å². The van der Waals surface area contributed by atoms with Crippen LogP contribution in [0, 0.1) is 0 Å². The third kappa shape index (κ3) is 64.9. The topological polar surface area (TPSA) is 78.9 Å². The van der Waals surface area contributed by atoms with Crippen molar-refractivity contribution in [1.82, 2.24) is 0 Å². The number of ether oxygens (including phenoxy) is 3. The molecule has 0 aromatic rings. The Morgan fingerprint density at radius 2 is 0.487 bits per heavy atom. The molecule has 0 aliphatic rings. The van der Waals surface area contributed by atoms with Gasteiger partial charge in [0.2, 0.25) is 0 Å². The van der Waals surface area contributed by atoms with Crippen molar-refractivity contribution >= 4 is 17.9 Å². The first-order chi connectivity index (χ1) is 39.5. The average Bonchev–Trinajstić information content (AvgIpc) is 3.46. The van der Waals surface area contributed by atoms with Gasteiger partial charge in [0.15, 0.2) is 6.10 Å². The van der Waals surface area contributed by atoms with Crippen molar-refractivity contribution in [2.45, 2.75) is 329 Å². The smallest absolute Gasteiger partial charge is 0.306 e. The Balaban J connectivity index is 4.19. The first kappa shape index (κ1) is 76.1. The highest BCUT2D eigenvalue weighted by molar-refractivity contribution is 5.71. The van der Waals surface area contributed by atoms with Gasteiger partial charge in [-0.05, 0) is 109 Å². The third-order valence-electron chi connectivity index (χ3n) is 14.5.